The van der Waals surface area contributed by atoms with Crippen LogP contribution in [0, 0.1) is 13.8 Å². The van der Waals surface area contributed by atoms with E-state index in [-0.39, 0.29) is 0 Å². The van der Waals surface area contributed by atoms with E-state index in [0.717, 1.165) is 57.9 Å². The molecular weight excluding hydrogens is 440 g/mol. The Balaban J connectivity index is 1.40. The van der Waals surface area contributed by atoms with Crippen LogP contribution >= 0.6 is 23.1 Å². The van der Waals surface area contributed by atoms with Crippen molar-refractivity contribution in [2.24, 2.45) is 0 Å². The molecule has 1 aliphatic rings. The van der Waals surface area contributed by atoms with Crippen LogP contribution in [-0.2, 0) is 11.3 Å². The second kappa shape index (κ2) is 9.54. The molecule has 8 heteroatoms. The van der Waals surface area contributed by atoms with E-state index >= 15 is 0 Å². The van der Waals surface area contributed by atoms with Gasteiger partial charge in [0.05, 0.1) is 25.1 Å². The smallest absolute Gasteiger partial charge is 0.231 e. The van der Waals surface area contributed by atoms with Crippen molar-refractivity contribution in [3.63, 3.8) is 0 Å². The van der Waals surface area contributed by atoms with E-state index in [9.17, 15) is 0 Å². The summed E-state index contributed by atoms with van der Waals surface area (Å²) in [5.74, 6) is 2.19. The van der Waals surface area contributed by atoms with Crippen LogP contribution in [0.15, 0.2) is 58.6 Å². The number of morpholine rings is 1. The summed E-state index contributed by atoms with van der Waals surface area (Å²) in [6.45, 7) is 8.25. The second-order valence-corrected chi connectivity index (χ2v) is 10.0. The van der Waals surface area contributed by atoms with E-state index in [4.69, 9.17) is 19.4 Å². The van der Waals surface area contributed by atoms with Gasteiger partial charge in [-0.15, -0.1) is 11.3 Å². The largest absolute Gasteiger partial charge is 0.438 e. The summed E-state index contributed by atoms with van der Waals surface area (Å²) >= 11 is 3.40. The van der Waals surface area contributed by atoms with E-state index in [1.165, 1.54) is 10.4 Å². The van der Waals surface area contributed by atoms with Crippen LogP contribution in [0.25, 0.3) is 10.2 Å². The predicted molar refractivity (Wildman–Crippen MR) is 128 cm³/mol. The number of pyridine rings is 1. The van der Waals surface area contributed by atoms with Crippen molar-refractivity contribution in [2.45, 2.75) is 30.2 Å². The van der Waals surface area contributed by atoms with E-state index < -0.39 is 0 Å². The SMILES string of the molecule is Cc1sc2nc(CN3CCOCC3)nc(Oc3ccc(Sc4ccncc4)cc3)c2c1C. The van der Waals surface area contributed by atoms with E-state index in [1.807, 2.05) is 24.3 Å². The van der Waals surface area contributed by atoms with Crippen molar-refractivity contribution in [1.82, 2.24) is 19.9 Å². The Labute approximate surface area is 195 Å². The summed E-state index contributed by atoms with van der Waals surface area (Å²) in [6.07, 6.45) is 3.61. The van der Waals surface area contributed by atoms with Gasteiger partial charge in [0.2, 0.25) is 5.88 Å². The summed E-state index contributed by atoms with van der Waals surface area (Å²) in [4.78, 5) is 20.6. The third kappa shape index (κ3) is 4.78. The lowest BCUT2D eigenvalue weighted by atomic mass is 10.2. The number of ether oxygens (including phenoxy) is 2. The van der Waals surface area contributed by atoms with Crippen molar-refractivity contribution in [3.05, 3.63) is 65.1 Å². The highest BCUT2D eigenvalue weighted by molar-refractivity contribution is 7.99. The monoisotopic (exact) mass is 464 g/mol. The zero-order valence-corrected chi connectivity index (χ0v) is 19.7. The van der Waals surface area contributed by atoms with Gasteiger partial charge in [0.1, 0.15) is 16.4 Å². The zero-order chi connectivity index (χ0) is 21.9. The third-order valence-corrected chi connectivity index (χ3v) is 7.55. The topological polar surface area (TPSA) is 60.4 Å². The Bertz CT molecular complexity index is 1210. The second-order valence-electron chi connectivity index (χ2n) is 7.66. The van der Waals surface area contributed by atoms with Crippen LogP contribution in [0.2, 0.25) is 0 Å². The summed E-state index contributed by atoms with van der Waals surface area (Å²) < 4.78 is 11.8. The summed E-state index contributed by atoms with van der Waals surface area (Å²) in [5.41, 5.74) is 1.18. The minimum Gasteiger partial charge on any atom is -0.438 e. The molecule has 0 N–H and O–H groups in total. The maximum atomic E-state index is 6.31. The zero-order valence-electron chi connectivity index (χ0n) is 18.1. The minimum absolute atomic E-state index is 0.634. The Hall–Kier alpha value is -2.52. The number of rotatable bonds is 6. The van der Waals surface area contributed by atoms with Crippen LogP contribution < -0.4 is 4.74 Å². The number of aryl methyl sites for hydroxylation is 2. The molecule has 1 aliphatic heterocycles. The maximum Gasteiger partial charge on any atom is 0.231 e. The highest BCUT2D eigenvalue weighted by Crippen LogP contribution is 2.37. The molecule has 0 radical (unpaired) electrons. The fraction of sp³-hybridized carbons (Fsp3) is 0.292. The average Bonchev–Trinajstić information content (AvgIpc) is 3.10. The lowest BCUT2D eigenvalue weighted by Gasteiger charge is -2.25. The quantitative estimate of drug-likeness (QED) is 0.374. The van der Waals surface area contributed by atoms with Crippen LogP contribution in [-0.4, -0.2) is 46.2 Å². The van der Waals surface area contributed by atoms with Gasteiger partial charge in [0, 0.05) is 40.2 Å². The molecule has 0 spiro atoms. The molecule has 0 saturated carbocycles. The molecule has 0 atom stereocenters. The highest BCUT2D eigenvalue weighted by Gasteiger charge is 2.19. The molecule has 6 nitrogen and oxygen atoms in total. The average molecular weight is 465 g/mol. The first-order chi connectivity index (χ1) is 15.7. The molecule has 1 aromatic carbocycles. The maximum absolute atomic E-state index is 6.31. The van der Waals surface area contributed by atoms with Crippen molar-refractivity contribution in [3.8, 4) is 11.6 Å². The van der Waals surface area contributed by atoms with Gasteiger partial charge in [0.15, 0.2) is 0 Å². The summed E-state index contributed by atoms with van der Waals surface area (Å²) in [7, 11) is 0. The van der Waals surface area contributed by atoms with Crippen LogP contribution in [0.5, 0.6) is 11.6 Å². The van der Waals surface area contributed by atoms with E-state index in [0.29, 0.717) is 12.4 Å². The van der Waals surface area contributed by atoms with Gasteiger partial charge in [-0.25, -0.2) is 4.98 Å². The Kier molecular flexibility index (Phi) is 6.36. The predicted octanol–water partition coefficient (Wildman–Crippen LogP) is 5.48. The van der Waals surface area contributed by atoms with E-state index in [2.05, 4.69) is 35.9 Å². The first kappa shape index (κ1) is 21.3. The number of benzene rings is 1. The number of nitrogens with zero attached hydrogens (tertiary/aromatic N) is 4. The molecule has 0 amide bonds. The molecule has 4 heterocycles. The molecule has 3 aromatic heterocycles. The van der Waals surface area contributed by atoms with Gasteiger partial charge in [-0.3, -0.25) is 9.88 Å². The van der Waals surface area contributed by atoms with Gasteiger partial charge in [-0.05, 0) is 55.8 Å². The first-order valence-corrected chi connectivity index (χ1v) is 12.2. The molecule has 0 aliphatic carbocycles. The van der Waals surface area contributed by atoms with Crippen molar-refractivity contribution in [1.29, 1.82) is 0 Å². The minimum atomic E-state index is 0.634. The number of thiophene rings is 1. The molecular formula is C24H24N4O2S2. The van der Waals surface area contributed by atoms with Gasteiger partial charge in [-0.1, -0.05) is 11.8 Å². The number of hydrogen-bond acceptors (Lipinski definition) is 8. The fourth-order valence-electron chi connectivity index (χ4n) is 3.59. The van der Waals surface area contributed by atoms with Gasteiger partial charge >= 0.3 is 0 Å². The van der Waals surface area contributed by atoms with Gasteiger partial charge in [-0.2, -0.15) is 4.98 Å². The van der Waals surface area contributed by atoms with Crippen LogP contribution in [0.1, 0.15) is 16.3 Å². The Morgan fingerprint density at radius 1 is 1.00 bits per heavy atom. The van der Waals surface area contributed by atoms with E-state index in [1.54, 1.807) is 35.5 Å². The molecule has 164 valence electrons. The van der Waals surface area contributed by atoms with Crippen LogP contribution in [0.4, 0.5) is 0 Å². The number of aromatic nitrogens is 3. The Morgan fingerprint density at radius 3 is 2.47 bits per heavy atom. The molecule has 1 saturated heterocycles. The molecule has 0 unspecified atom stereocenters. The molecule has 0 bridgehead atoms. The van der Waals surface area contributed by atoms with Crippen molar-refractivity contribution < 1.29 is 9.47 Å². The number of hydrogen-bond donors (Lipinski definition) is 0. The lowest BCUT2D eigenvalue weighted by Crippen LogP contribution is -2.36. The molecule has 4 aromatic rings. The molecule has 1 fully saturated rings. The molecule has 5 rings (SSSR count). The van der Waals surface area contributed by atoms with Crippen LogP contribution in [0.3, 0.4) is 0 Å². The summed E-state index contributed by atoms with van der Waals surface area (Å²) in [5, 5.41) is 1.01. The summed E-state index contributed by atoms with van der Waals surface area (Å²) in [6, 6.07) is 12.1. The van der Waals surface area contributed by atoms with Gasteiger partial charge in [0.25, 0.3) is 0 Å². The third-order valence-electron chi connectivity index (χ3n) is 5.43. The standard InChI is InChI=1S/C24H24N4O2S2/c1-16-17(2)31-24-22(16)23(26-21(27-24)15-28-11-13-29-14-12-28)30-18-3-5-19(6-4-18)32-20-7-9-25-10-8-20/h3-10H,11-15H2,1-2H3. The number of fused-ring (bicyclic) bond motifs is 1. The molecule has 32 heavy (non-hydrogen) atoms. The highest BCUT2D eigenvalue weighted by atomic mass is 32.2. The fourth-order valence-corrected chi connectivity index (χ4v) is 5.43. The van der Waals surface area contributed by atoms with Gasteiger partial charge < -0.3 is 9.47 Å². The van der Waals surface area contributed by atoms with Crippen molar-refractivity contribution >= 4 is 33.3 Å². The lowest BCUT2D eigenvalue weighted by molar-refractivity contribution is 0.0330. The van der Waals surface area contributed by atoms with Crippen molar-refractivity contribution in [2.75, 3.05) is 26.3 Å². The first-order valence-electron chi connectivity index (χ1n) is 10.6. The Morgan fingerprint density at radius 2 is 1.72 bits per heavy atom. The normalized spacial score (nSPS) is 14.7.